The van der Waals surface area contributed by atoms with Gasteiger partial charge in [0.25, 0.3) is 0 Å². The molecule has 0 fully saturated rings. The van der Waals surface area contributed by atoms with Crippen LogP contribution in [-0.4, -0.2) is 26.8 Å². The van der Waals surface area contributed by atoms with E-state index in [1.165, 1.54) is 4.80 Å². The van der Waals surface area contributed by atoms with Crippen LogP contribution in [0.3, 0.4) is 0 Å². The Morgan fingerprint density at radius 1 is 1.62 bits per heavy atom. The van der Waals surface area contributed by atoms with Crippen molar-refractivity contribution in [1.82, 2.24) is 25.5 Å². The maximum Gasteiger partial charge on any atom is 0.188 e. The highest BCUT2D eigenvalue weighted by molar-refractivity contribution is 4.83. The molecule has 1 N–H and O–H groups in total. The van der Waals surface area contributed by atoms with Gasteiger partial charge in [-0.2, -0.15) is 4.80 Å². The maximum atomic E-state index is 5.11. The Morgan fingerprint density at radius 2 is 2.46 bits per heavy atom. The van der Waals surface area contributed by atoms with E-state index in [1.807, 2.05) is 0 Å². The van der Waals surface area contributed by atoms with E-state index in [1.54, 1.807) is 7.05 Å². The van der Waals surface area contributed by atoms with Gasteiger partial charge in [-0.3, -0.25) is 0 Å². The number of hydrogen-bond acceptors (Lipinski definition) is 4. The van der Waals surface area contributed by atoms with Crippen molar-refractivity contribution in [1.29, 1.82) is 0 Å². The Hall–Kier alpha value is -1.41. The van der Waals surface area contributed by atoms with Crippen LogP contribution >= 0.6 is 0 Å². The third-order valence-corrected chi connectivity index (χ3v) is 1.51. The van der Waals surface area contributed by atoms with E-state index < -0.39 is 0 Å². The Balaban J connectivity index is 2.10. The highest BCUT2D eigenvalue weighted by atomic mass is 15.6. The van der Waals surface area contributed by atoms with Gasteiger partial charge in [-0.25, -0.2) is 0 Å². The maximum absolute atomic E-state index is 5.11. The first-order chi connectivity index (χ1) is 6.33. The van der Waals surface area contributed by atoms with Crippen LogP contribution in [0.4, 0.5) is 0 Å². The first-order valence-corrected chi connectivity index (χ1v) is 4.20. The molecule has 0 radical (unpaired) electrons. The molecule has 0 aliphatic carbocycles. The van der Waals surface area contributed by atoms with Gasteiger partial charge >= 0.3 is 0 Å². The van der Waals surface area contributed by atoms with Gasteiger partial charge in [-0.1, -0.05) is 0 Å². The van der Waals surface area contributed by atoms with Crippen molar-refractivity contribution in [3.05, 3.63) is 5.82 Å². The van der Waals surface area contributed by atoms with E-state index in [2.05, 4.69) is 26.6 Å². The molecule has 0 amide bonds. The van der Waals surface area contributed by atoms with E-state index in [-0.39, 0.29) is 0 Å². The molecule has 0 aromatic carbocycles. The summed E-state index contributed by atoms with van der Waals surface area (Å²) in [6.45, 7) is 1.54. The minimum Gasteiger partial charge on any atom is -0.310 e. The monoisotopic (exact) mass is 179 g/mol. The molecule has 1 rings (SSSR count). The lowest BCUT2D eigenvalue weighted by Crippen LogP contribution is -2.15. The Morgan fingerprint density at radius 3 is 3.08 bits per heavy atom. The number of tetrazole rings is 1. The van der Waals surface area contributed by atoms with Crippen molar-refractivity contribution in [2.24, 2.45) is 7.05 Å². The van der Waals surface area contributed by atoms with E-state index in [0.717, 1.165) is 19.4 Å². The number of hydrogen-bond donors (Lipinski definition) is 1. The number of aryl methyl sites for hydroxylation is 1. The van der Waals surface area contributed by atoms with Crippen molar-refractivity contribution in [3.63, 3.8) is 0 Å². The van der Waals surface area contributed by atoms with Crippen molar-refractivity contribution in [2.45, 2.75) is 19.4 Å². The fraction of sp³-hybridized carbons (Fsp3) is 0.625. The SMILES string of the molecule is C#CCCCNCc1nnn(C)n1. The second-order valence-corrected chi connectivity index (χ2v) is 2.68. The van der Waals surface area contributed by atoms with Crippen LogP contribution in [0.1, 0.15) is 18.7 Å². The molecule has 5 nitrogen and oxygen atoms in total. The first-order valence-electron chi connectivity index (χ1n) is 4.20. The number of terminal acetylenes is 1. The molecule has 0 bridgehead atoms. The van der Waals surface area contributed by atoms with Crippen LogP contribution in [0.15, 0.2) is 0 Å². The molecule has 0 unspecified atom stereocenters. The zero-order valence-electron chi connectivity index (χ0n) is 7.69. The molecule has 0 aliphatic rings. The van der Waals surface area contributed by atoms with Gasteiger partial charge in [0.05, 0.1) is 13.6 Å². The second-order valence-electron chi connectivity index (χ2n) is 2.68. The van der Waals surface area contributed by atoms with Gasteiger partial charge < -0.3 is 5.32 Å². The van der Waals surface area contributed by atoms with Crippen molar-refractivity contribution >= 4 is 0 Å². The predicted octanol–water partition coefficient (Wildman–Crippen LogP) is -0.287. The Kier molecular flexibility index (Phi) is 3.93. The quantitative estimate of drug-likeness (QED) is 0.498. The summed E-state index contributed by atoms with van der Waals surface area (Å²) in [5.41, 5.74) is 0. The zero-order valence-corrected chi connectivity index (χ0v) is 7.69. The van der Waals surface area contributed by atoms with Gasteiger partial charge in [-0.15, -0.1) is 22.5 Å². The van der Waals surface area contributed by atoms with Crippen LogP contribution in [0.25, 0.3) is 0 Å². The molecule has 0 saturated heterocycles. The molecule has 1 aromatic rings. The summed E-state index contributed by atoms with van der Waals surface area (Å²) >= 11 is 0. The van der Waals surface area contributed by atoms with Crippen LogP contribution in [0.2, 0.25) is 0 Å². The summed E-state index contributed by atoms with van der Waals surface area (Å²) in [5.74, 6) is 3.29. The summed E-state index contributed by atoms with van der Waals surface area (Å²) in [6, 6.07) is 0. The minimum atomic E-state index is 0.651. The van der Waals surface area contributed by atoms with Crippen LogP contribution < -0.4 is 5.32 Å². The van der Waals surface area contributed by atoms with Crippen LogP contribution in [0, 0.1) is 12.3 Å². The topological polar surface area (TPSA) is 55.6 Å². The lowest BCUT2D eigenvalue weighted by molar-refractivity contribution is 0.614. The van der Waals surface area contributed by atoms with E-state index >= 15 is 0 Å². The van der Waals surface area contributed by atoms with Crippen molar-refractivity contribution in [2.75, 3.05) is 6.54 Å². The van der Waals surface area contributed by atoms with E-state index in [0.29, 0.717) is 12.4 Å². The second kappa shape index (κ2) is 5.27. The molecule has 0 atom stereocenters. The molecule has 70 valence electrons. The summed E-state index contributed by atoms with van der Waals surface area (Å²) < 4.78 is 0. The standard InChI is InChI=1S/C8H13N5/c1-3-4-5-6-9-7-8-10-12-13(2)11-8/h1,9H,4-7H2,2H3. The molecule has 0 spiro atoms. The molecular weight excluding hydrogens is 166 g/mol. The number of rotatable bonds is 5. The van der Waals surface area contributed by atoms with Crippen LogP contribution in [0.5, 0.6) is 0 Å². The molecule has 5 heteroatoms. The molecule has 13 heavy (non-hydrogen) atoms. The average Bonchev–Trinajstić information content (AvgIpc) is 2.51. The summed E-state index contributed by atoms with van der Waals surface area (Å²) in [7, 11) is 1.74. The smallest absolute Gasteiger partial charge is 0.188 e. The molecule has 1 aromatic heterocycles. The number of nitrogens with zero attached hydrogens (tertiary/aromatic N) is 4. The van der Waals surface area contributed by atoms with Crippen molar-refractivity contribution in [3.8, 4) is 12.3 Å². The first kappa shape index (κ1) is 9.68. The fourth-order valence-corrected chi connectivity index (χ4v) is 0.910. The largest absolute Gasteiger partial charge is 0.310 e. The predicted molar refractivity (Wildman–Crippen MR) is 48.6 cm³/mol. The molecule has 0 saturated carbocycles. The van der Waals surface area contributed by atoms with Gasteiger partial charge in [0.15, 0.2) is 5.82 Å². The van der Waals surface area contributed by atoms with E-state index in [9.17, 15) is 0 Å². The lowest BCUT2D eigenvalue weighted by atomic mass is 10.3. The van der Waals surface area contributed by atoms with Crippen molar-refractivity contribution < 1.29 is 0 Å². The Bertz CT molecular complexity index is 285. The molecular formula is C8H13N5. The minimum absolute atomic E-state index is 0.651. The highest BCUT2D eigenvalue weighted by Crippen LogP contribution is 1.86. The van der Waals surface area contributed by atoms with E-state index in [4.69, 9.17) is 6.42 Å². The fourth-order valence-electron chi connectivity index (χ4n) is 0.910. The summed E-state index contributed by atoms with van der Waals surface area (Å²) in [5, 5.41) is 14.7. The third-order valence-electron chi connectivity index (χ3n) is 1.51. The third kappa shape index (κ3) is 3.67. The molecule has 0 aliphatic heterocycles. The van der Waals surface area contributed by atoms with Gasteiger partial charge in [0.1, 0.15) is 0 Å². The number of aromatic nitrogens is 4. The lowest BCUT2D eigenvalue weighted by Gasteiger charge is -1.97. The molecule has 1 heterocycles. The van der Waals surface area contributed by atoms with Crippen LogP contribution in [-0.2, 0) is 13.6 Å². The number of nitrogens with one attached hydrogen (secondary N) is 1. The summed E-state index contributed by atoms with van der Waals surface area (Å²) in [4.78, 5) is 1.44. The van der Waals surface area contributed by atoms with Gasteiger partial charge in [0, 0.05) is 6.42 Å². The zero-order chi connectivity index (χ0) is 9.52. The normalized spacial score (nSPS) is 9.85. The van der Waals surface area contributed by atoms with Gasteiger partial charge in [0.2, 0.25) is 0 Å². The van der Waals surface area contributed by atoms with Gasteiger partial charge in [-0.05, 0) is 18.2 Å². The highest BCUT2D eigenvalue weighted by Gasteiger charge is 1.97. The summed E-state index contributed by atoms with van der Waals surface area (Å²) in [6.07, 6.45) is 6.90. The number of unbranched alkanes of at least 4 members (excludes halogenated alkanes) is 1. The Labute approximate surface area is 77.5 Å². The average molecular weight is 179 g/mol.